The molecule has 2 aromatic heterocycles. The van der Waals surface area contributed by atoms with Gasteiger partial charge in [0.15, 0.2) is 11.5 Å². The summed E-state index contributed by atoms with van der Waals surface area (Å²) in [5.74, 6) is 1.42. The highest BCUT2D eigenvalue weighted by Gasteiger charge is 2.31. The number of benzene rings is 1. The summed E-state index contributed by atoms with van der Waals surface area (Å²) in [4.78, 5) is 29.0. The zero-order chi connectivity index (χ0) is 18.1. The second-order valence-corrected chi connectivity index (χ2v) is 6.23. The zero-order valence-electron chi connectivity index (χ0n) is 14.2. The van der Waals surface area contributed by atoms with Gasteiger partial charge in [0, 0.05) is 12.3 Å². The Bertz CT molecular complexity index is 975. The Morgan fingerprint density at radius 1 is 1.12 bits per heavy atom. The lowest BCUT2D eigenvalue weighted by atomic mass is 9.81. The van der Waals surface area contributed by atoms with Crippen molar-refractivity contribution in [1.29, 1.82) is 0 Å². The molecule has 2 N–H and O–H groups in total. The fourth-order valence-electron chi connectivity index (χ4n) is 3.39. The Balaban J connectivity index is 1.70. The first-order valence-corrected chi connectivity index (χ1v) is 8.30. The van der Waals surface area contributed by atoms with Gasteiger partial charge in [0.05, 0.1) is 29.3 Å². The minimum Gasteiger partial charge on any atom is -0.454 e. The van der Waals surface area contributed by atoms with Crippen LogP contribution < -0.4 is 10.5 Å². The number of carbonyl (C=O) groups excluding carboxylic acids is 1. The van der Waals surface area contributed by atoms with Crippen LogP contribution in [0.15, 0.2) is 43.0 Å². The van der Waals surface area contributed by atoms with E-state index in [1.54, 1.807) is 19.3 Å². The number of hydrogen-bond donors (Lipinski definition) is 1. The van der Waals surface area contributed by atoms with Gasteiger partial charge in [-0.2, -0.15) is 0 Å². The average molecular weight is 347 g/mol. The molecule has 26 heavy (non-hydrogen) atoms. The van der Waals surface area contributed by atoms with E-state index in [1.807, 2.05) is 24.3 Å². The molecule has 1 unspecified atom stereocenters. The van der Waals surface area contributed by atoms with Crippen molar-refractivity contribution in [2.45, 2.75) is 25.7 Å². The summed E-state index contributed by atoms with van der Waals surface area (Å²) in [7, 11) is 0. The summed E-state index contributed by atoms with van der Waals surface area (Å²) in [5, 5.41) is 0. The maximum atomic E-state index is 12.7. The average Bonchev–Trinajstić information content (AvgIpc) is 2.62. The molecule has 0 bridgehead atoms. The minimum absolute atomic E-state index is 0.0339. The van der Waals surface area contributed by atoms with Crippen molar-refractivity contribution >= 4 is 11.7 Å². The summed E-state index contributed by atoms with van der Waals surface area (Å²) >= 11 is 0. The molecule has 4 rings (SSSR count). The maximum absolute atomic E-state index is 12.7. The highest BCUT2D eigenvalue weighted by Crippen LogP contribution is 2.38. The number of anilines is 1. The number of aromatic nitrogens is 4. The molecule has 2 heterocycles. The molecule has 0 spiro atoms. The normalized spacial score (nSPS) is 16.2. The van der Waals surface area contributed by atoms with Gasteiger partial charge in [-0.25, -0.2) is 19.9 Å². The number of rotatable bonds is 3. The summed E-state index contributed by atoms with van der Waals surface area (Å²) in [5.41, 5.74) is 8.67. The van der Waals surface area contributed by atoms with Crippen LogP contribution in [0.25, 0.3) is 0 Å². The van der Waals surface area contributed by atoms with Crippen LogP contribution in [-0.2, 0) is 6.42 Å². The fourth-order valence-corrected chi connectivity index (χ4v) is 3.39. The number of hydrogen-bond acceptors (Lipinski definition) is 7. The molecule has 1 aliphatic carbocycles. The Morgan fingerprint density at radius 3 is 2.69 bits per heavy atom. The number of nitrogen functional groups attached to an aromatic ring is 1. The lowest BCUT2D eigenvalue weighted by molar-refractivity contribution is 0.0961. The number of carbonyl (C=O) groups is 1. The number of para-hydroxylation sites is 1. The number of nitrogens with two attached hydrogens (primary N) is 1. The molecular formula is C19H17N5O2. The van der Waals surface area contributed by atoms with E-state index in [-0.39, 0.29) is 17.6 Å². The molecule has 1 atom stereocenters. The number of nitrogens with zero attached hydrogens (tertiary/aromatic N) is 4. The molecule has 130 valence electrons. The second kappa shape index (κ2) is 6.51. The Morgan fingerprint density at radius 2 is 1.88 bits per heavy atom. The lowest BCUT2D eigenvalue weighted by Gasteiger charge is -2.25. The predicted octanol–water partition coefficient (Wildman–Crippen LogP) is 2.86. The molecular weight excluding hydrogens is 330 g/mol. The number of ketones is 1. The first kappa shape index (κ1) is 16.1. The van der Waals surface area contributed by atoms with Crippen molar-refractivity contribution in [2.75, 3.05) is 5.73 Å². The number of ether oxygens (including phenoxy) is 1. The molecule has 0 amide bonds. The van der Waals surface area contributed by atoms with Gasteiger partial charge in [0.1, 0.15) is 12.1 Å². The zero-order valence-corrected chi connectivity index (χ0v) is 14.2. The Kier molecular flexibility index (Phi) is 4.04. The van der Waals surface area contributed by atoms with Gasteiger partial charge in [-0.05, 0) is 25.0 Å². The van der Waals surface area contributed by atoms with Crippen LogP contribution in [0.2, 0.25) is 0 Å². The predicted molar refractivity (Wildman–Crippen MR) is 95.1 cm³/mol. The van der Waals surface area contributed by atoms with E-state index in [9.17, 15) is 4.79 Å². The van der Waals surface area contributed by atoms with E-state index in [4.69, 9.17) is 10.5 Å². The van der Waals surface area contributed by atoms with Gasteiger partial charge in [-0.15, -0.1) is 0 Å². The molecule has 0 aliphatic heterocycles. The van der Waals surface area contributed by atoms with Gasteiger partial charge in [0.25, 0.3) is 0 Å². The largest absolute Gasteiger partial charge is 0.454 e. The van der Waals surface area contributed by atoms with Crippen molar-refractivity contribution in [1.82, 2.24) is 19.9 Å². The van der Waals surface area contributed by atoms with E-state index in [1.165, 1.54) is 6.33 Å². The summed E-state index contributed by atoms with van der Waals surface area (Å²) in [6.07, 6.45) is 5.64. The van der Waals surface area contributed by atoms with Crippen LogP contribution in [0.5, 0.6) is 11.5 Å². The third kappa shape index (κ3) is 2.99. The maximum Gasteiger partial charge on any atom is 0.220 e. The van der Waals surface area contributed by atoms with Crippen LogP contribution in [0, 0.1) is 6.92 Å². The van der Waals surface area contributed by atoms with Crippen LogP contribution in [0.4, 0.5) is 5.95 Å². The van der Waals surface area contributed by atoms with Gasteiger partial charge in [-0.1, -0.05) is 18.2 Å². The van der Waals surface area contributed by atoms with E-state index in [0.717, 1.165) is 5.56 Å². The van der Waals surface area contributed by atoms with Crippen molar-refractivity contribution in [2.24, 2.45) is 0 Å². The summed E-state index contributed by atoms with van der Waals surface area (Å²) in [6, 6.07) is 7.68. The van der Waals surface area contributed by atoms with Crippen molar-refractivity contribution in [3.8, 4) is 11.5 Å². The highest BCUT2D eigenvalue weighted by molar-refractivity contribution is 5.99. The van der Waals surface area contributed by atoms with Gasteiger partial charge in [0.2, 0.25) is 5.95 Å². The van der Waals surface area contributed by atoms with Crippen LogP contribution >= 0.6 is 0 Å². The van der Waals surface area contributed by atoms with Crippen molar-refractivity contribution in [3.63, 3.8) is 0 Å². The van der Waals surface area contributed by atoms with Crippen LogP contribution in [0.3, 0.4) is 0 Å². The first-order valence-electron chi connectivity index (χ1n) is 8.30. The van der Waals surface area contributed by atoms with Crippen LogP contribution in [-0.4, -0.2) is 25.7 Å². The summed E-state index contributed by atoms with van der Waals surface area (Å²) in [6.45, 7) is 1.79. The monoisotopic (exact) mass is 347 g/mol. The van der Waals surface area contributed by atoms with Crippen molar-refractivity contribution < 1.29 is 9.53 Å². The molecule has 0 radical (unpaired) electrons. The number of Topliss-reactive ketones (excluding diaryl/α,β-unsaturated/α-hetero) is 1. The SMILES string of the molecule is Cc1nc(N)nc2c1C(=O)CC(c1ccccc1Oc1cncnc1)C2. The van der Waals surface area contributed by atoms with E-state index < -0.39 is 0 Å². The van der Waals surface area contributed by atoms with E-state index in [2.05, 4.69) is 19.9 Å². The highest BCUT2D eigenvalue weighted by atomic mass is 16.5. The molecule has 7 heteroatoms. The number of fused-ring (bicyclic) bond motifs is 1. The van der Waals surface area contributed by atoms with Gasteiger partial charge in [-0.3, -0.25) is 4.79 Å². The molecule has 7 nitrogen and oxygen atoms in total. The van der Waals surface area contributed by atoms with Crippen LogP contribution in [0.1, 0.15) is 39.6 Å². The fraction of sp³-hybridized carbons (Fsp3) is 0.211. The second-order valence-electron chi connectivity index (χ2n) is 6.23. The molecule has 0 saturated carbocycles. The Labute approximate surface area is 150 Å². The topological polar surface area (TPSA) is 104 Å². The van der Waals surface area contributed by atoms with Gasteiger partial charge >= 0.3 is 0 Å². The van der Waals surface area contributed by atoms with Gasteiger partial charge < -0.3 is 10.5 Å². The minimum atomic E-state index is -0.0375. The Hall–Kier alpha value is -3.35. The quantitative estimate of drug-likeness (QED) is 0.777. The standard InChI is InChI=1S/C19H17N5O2/c1-11-18-15(24-19(20)23-11)6-12(7-16(18)25)14-4-2-3-5-17(14)26-13-8-21-10-22-9-13/h2-5,8-10,12H,6-7H2,1H3,(H2,20,23,24). The summed E-state index contributed by atoms with van der Waals surface area (Å²) < 4.78 is 5.94. The number of aryl methyl sites for hydroxylation is 1. The molecule has 1 aliphatic rings. The lowest BCUT2D eigenvalue weighted by Crippen LogP contribution is -2.23. The molecule has 0 fully saturated rings. The third-order valence-electron chi connectivity index (χ3n) is 4.46. The van der Waals surface area contributed by atoms with Crippen molar-refractivity contribution in [3.05, 3.63) is 65.5 Å². The smallest absolute Gasteiger partial charge is 0.220 e. The first-order chi connectivity index (χ1) is 12.6. The van der Waals surface area contributed by atoms with E-state index >= 15 is 0 Å². The van der Waals surface area contributed by atoms with E-state index in [0.29, 0.717) is 41.3 Å². The third-order valence-corrected chi connectivity index (χ3v) is 4.46. The molecule has 1 aromatic carbocycles. The molecule has 0 saturated heterocycles. The molecule has 3 aromatic rings.